The van der Waals surface area contributed by atoms with E-state index in [-0.39, 0.29) is 11.3 Å². The highest BCUT2D eigenvalue weighted by Crippen LogP contribution is 2.26. The summed E-state index contributed by atoms with van der Waals surface area (Å²) in [6.45, 7) is 4.44. The molecule has 17 heavy (non-hydrogen) atoms. The molecule has 1 aliphatic rings. The van der Waals surface area contributed by atoms with Gasteiger partial charge in [0.25, 0.3) is 0 Å². The van der Waals surface area contributed by atoms with Gasteiger partial charge in [-0.05, 0) is 18.8 Å². The number of thiocarbonyl (C=S) groups is 1. The molecule has 98 valence electrons. The molecular weight excluding hydrogens is 232 g/mol. The number of carbonyl (C=O) groups excluding carboxylic acids is 1. The summed E-state index contributed by atoms with van der Waals surface area (Å²) in [6, 6.07) is 0. The first-order valence-corrected chi connectivity index (χ1v) is 6.89. The summed E-state index contributed by atoms with van der Waals surface area (Å²) in [5, 5.41) is 2.95. The molecular formula is C13H24N2OS. The largest absolute Gasteiger partial charge is 0.393 e. The van der Waals surface area contributed by atoms with Crippen molar-refractivity contribution in [2.75, 3.05) is 6.54 Å². The molecule has 0 saturated heterocycles. The van der Waals surface area contributed by atoms with Crippen LogP contribution < -0.4 is 11.1 Å². The first-order chi connectivity index (χ1) is 7.92. The van der Waals surface area contributed by atoms with Crippen molar-refractivity contribution in [2.45, 2.75) is 52.4 Å². The lowest BCUT2D eigenvalue weighted by Gasteiger charge is -2.25. The zero-order valence-corrected chi connectivity index (χ0v) is 11.7. The number of hydrogen-bond donors (Lipinski definition) is 2. The van der Waals surface area contributed by atoms with Gasteiger partial charge in [0.05, 0.1) is 4.99 Å². The molecule has 0 bridgehead atoms. The Balaban J connectivity index is 2.27. The summed E-state index contributed by atoms with van der Waals surface area (Å²) in [6.07, 6.45) is 6.94. The average molecular weight is 256 g/mol. The highest BCUT2D eigenvalue weighted by atomic mass is 32.1. The van der Waals surface area contributed by atoms with Gasteiger partial charge in [0.1, 0.15) is 0 Å². The maximum Gasteiger partial charge on any atom is 0.220 e. The predicted molar refractivity (Wildman–Crippen MR) is 74.8 cm³/mol. The van der Waals surface area contributed by atoms with Crippen LogP contribution in [0.4, 0.5) is 0 Å². The van der Waals surface area contributed by atoms with E-state index in [9.17, 15) is 4.79 Å². The lowest BCUT2D eigenvalue weighted by molar-refractivity contribution is -0.122. The van der Waals surface area contributed by atoms with E-state index in [1.54, 1.807) is 0 Å². The van der Waals surface area contributed by atoms with Crippen molar-refractivity contribution < 1.29 is 4.79 Å². The topological polar surface area (TPSA) is 55.1 Å². The monoisotopic (exact) mass is 256 g/mol. The molecule has 1 saturated carbocycles. The smallest absolute Gasteiger partial charge is 0.220 e. The third-order valence-electron chi connectivity index (χ3n) is 3.59. The Bertz CT molecular complexity index is 283. The first-order valence-electron chi connectivity index (χ1n) is 6.48. The molecule has 0 spiro atoms. The molecule has 1 fully saturated rings. The summed E-state index contributed by atoms with van der Waals surface area (Å²) < 4.78 is 0. The van der Waals surface area contributed by atoms with E-state index in [0.29, 0.717) is 23.9 Å². The zero-order valence-electron chi connectivity index (χ0n) is 10.9. The van der Waals surface area contributed by atoms with Gasteiger partial charge in [0, 0.05) is 18.4 Å². The molecule has 0 aromatic carbocycles. The number of hydrogen-bond acceptors (Lipinski definition) is 2. The molecule has 3 N–H and O–H groups in total. The third-order valence-corrected chi connectivity index (χ3v) is 4.15. The van der Waals surface area contributed by atoms with Crippen molar-refractivity contribution >= 4 is 23.1 Å². The van der Waals surface area contributed by atoms with Gasteiger partial charge in [0.15, 0.2) is 0 Å². The minimum atomic E-state index is -0.294. The number of rotatable bonds is 5. The van der Waals surface area contributed by atoms with Crippen LogP contribution in [0.15, 0.2) is 0 Å². The van der Waals surface area contributed by atoms with Gasteiger partial charge in [-0.2, -0.15) is 0 Å². The highest BCUT2D eigenvalue weighted by Gasteiger charge is 2.23. The van der Waals surface area contributed by atoms with E-state index in [1.807, 2.05) is 13.8 Å². The summed E-state index contributed by atoms with van der Waals surface area (Å²) in [5.74, 6) is 0.720. The van der Waals surface area contributed by atoms with E-state index in [2.05, 4.69) is 5.32 Å². The molecule has 1 aliphatic carbocycles. The third kappa shape index (κ3) is 5.02. The van der Waals surface area contributed by atoms with Crippen molar-refractivity contribution in [3.05, 3.63) is 0 Å². The van der Waals surface area contributed by atoms with Crippen molar-refractivity contribution in [3.63, 3.8) is 0 Å². The second-order valence-corrected chi connectivity index (χ2v) is 6.17. The zero-order chi connectivity index (χ0) is 12.9. The van der Waals surface area contributed by atoms with Crippen LogP contribution in [-0.4, -0.2) is 17.4 Å². The maximum atomic E-state index is 11.8. The Kier molecular flexibility index (Phi) is 5.37. The van der Waals surface area contributed by atoms with Crippen LogP contribution in [0.2, 0.25) is 0 Å². The molecule has 4 heteroatoms. The first kappa shape index (κ1) is 14.4. The van der Waals surface area contributed by atoms with Gasteiger partial charge in [-0.25, -0.2) is 0 Å². The molecule has 0 aliphatic heterocycles. The second-order valence-electron chi connectivity index (χ2n) is 5.73. The fourth-order valence-electron chi connectivity index (χ4n) is 2.13. The molecule has 0 unspecified atom stereocenters. The minimum absolute atomic E-state index is 0.140. The molecule has 1 rings (SSSR count). The predicted octanol–water partition coefficient (Wildman–Crippen LogP) is 2.39. The van der Waals surface area contributed by atoms with E-state index >= 15 is 0 Å². The number of nitrogens with one attached hydrogen (secondary N) is 1. The Hall–Kier alpha value is -0.640. The molecule has 3 nitrogen and oxygen atoms in total. The fourth-order valence-corrected chi connectivity index (χ4v) is 2.20. The fraction of sp³-hybridized carbons (Fsp3) is 0.846. The van der Waals surface area contributed by atoms with Gasteiger partial charge >= 0.3 is 0 Å². The molecule has 1 amide bonds. The Morgan fingerprint density at radius 3 is 2.47 bits per heavy atom. The summed E-state index contributed by atoms with van der Waals surface area (Å²) >= 11 is 4.97. The van der Waals surface area contributed by atoms with Crippen LogP contribution in [-0.2, 0) is 4.79 Å². The normalized spacial score (nSPS) is 17.8. The Labute approximate surface area is 110 Å². The van der Waals surface area contributed by atoms with Crippen LogP contribution in [0.1, 0.15) is 52.4 Å². The van der Waals surface area contributed by atoms with Crippen LogP contribution in [0, 0.1) is 11.3 Å². The molecule has 0 aromatic rings. The van der Waals surface area contributed by atoms with Gasteiger partial charge < -0.3 is 11.1 Å². The van der Waals surface area contributed by atoms with E-state index in [0.717, 1.165) is 0 Å². The SMILES string of the molecule is CC(C)(CNC(=O)CC1CCCCC1)C(N)=S. The minimum Gasteiger partial charge on any atom is -0.393 e. The van der Waals surface area contributed by atoms with E-state index < -0.39 is 0 Å². The Morgan fingerprint density at radius 1 is 1.35 bits per heavy atom. The van der Waals surface area contributed by atoms with Crippen molar-refractivity contribution in [1.82, 2.24) is 5.32 Å². The quantitative estimate of drug-likeness (QED) is 0.743. The van der Waals surface area contributed by atoms with Crippen LogP contribution in [0.25, 0.3) is 0 Å². The summed E-state index contributed by atoms with van der Waals surface area (Å²) in [4.78, 5) is 12.2. The van der Waals surface area contributed by atoms with Crippen LogP contribution in [0.5, 0.6) is 0 Å². The summed E-state index contributed by atoms with van der Waals surface area (Å²) in [5.41, 5.74) is 5.33. The lowest BCUT2D eigenvalue weighted by Crippen LogP contribution is -2.41. The molecule has 0 heterocycles. The second kappa shape index (κ2) is 6.34. The number of amides is 1. The lowest BCUT2D eigenvalue weighted by atomic mass is 9.86. The summed E-state index contributed by atoms with van der Waals surface area (Å²) in [7, 11) is 0. The standard InChI is InChI=1S/C13H24N2OS/c1-13(2,12(14)17)9-15-11(16)8-10-6-4-3-5-7-10/h10H,3-9H2,1-2H3,(H2,14,17)(H,15,16). The van der Waals surface area contributed by atoms with Gasteiger partial charge in [0.2, 0.25) is 5.91 Å². The Morgan fingerprint density at radius 2 is 1.94 bits per heavy atom. The average Bonchev–Trinajstić information content (AvgIpc) is 2.28. The van der Waals surface area contributed by atoms with Gasteiger partial charge in [-0.1, -0.05) is 45.3 Å². The van der Waals surface area contributed by atoms with Crippen LogP contribution >= 0.6 is 12.2 Å². The highest BCUT2D eigenvalue weighted by molar-refractivity contribution is 7.80. The van der Waals surface area contributed by atoms with E-state index in [1.165, 1.54) is 32.1 Å². The van der Waals surface area contributed by atoms with Gasteiger partial charge in [-0.3, -0.25) is 4.79 Å². The number of nitrogens with two attached hydrogens (primary N) is 1. The maximum absolute atomic E-state index is 11.8. The van der Waals surface area contributed by atoms with Crippen molar-refractivity contribution in [3.8, 4) is 0 Å². The van der Waals surface area contributed by atoms with Crippen LogP contribution in [0.3, 0.4) is 0 Å². The molecule has 0 aromatic heterocycles. The van der Waals surface area contributed by atoms with Gasteiger partial charge in [-0.15, -0.1) is 0 Å². The molecule has 0 radical (unpaired) electrons. The van der Waals surface area contributed by atoms with E-state index in [4.69, 9.17) is 18.0 Å². The molecule has 0 atom stereocenters. The van der Waals surface area contributed by atoms with Crippen molar-refractivity contribution in [2.24, 2.45) is 17.1 Å². The number of carbonyl (C=O) groups is 1. The van der Waals surface area contributed by atoms with Crippen molar-refractivity contribution in [1.29, 1.82) is 0 Å².